The monoisotopic (exact) mass is 601 g/mol. The molecule has 0 bridgehead atoms. The molecule has 10 nitrogen and oxygen atoms in total. The number of primary amides is 1. The number of aromatic hydroxyl groups is 1. The van der Waals surface area contributed by atoms with Crippen LogP contribution in [0.5, 0.6) is 5.75 Å². The van der Waals surface area contributed by atoms with Crippen molar-refractivity contribution >= 4 is 29.1 Å². The van der Waals surface area contributed by atoms with Gasteiger partial charge in [0.1, 0.15) is 22.8 Å². The third kappa shape index (κ3) is 4.63. The van der Waals surface area contributed by atoms with Crippen LogP contribution < -0.4 is 5.73 Å². The zero-order chi connectivity index (χ0) is 31.0. The van der Waals surface area contributed by atoms with E-state index >= 15 is 0 Å². The lowest BCUT2D eigenvalue weighted by molar-refractivity contribution is -0.148. The average molecular weight is 602 g/mol. The van der Waals surface area contributed by atoms with E-state index in [2.05, 4.69) is 25.7 Å². The van der Waals surface area contributed by atoms with Crippen LogP contribution in [0.15, 0.2) is 28.7 Å². The molecule has 0 aromatic heterocycles. The molecule has 1 aromatic carbocycles. The zero-order valence-corrected chi connectivity index (χ0v) is 25.4. The molecule has 5 rings (SSSR count). The molecule has 6 N–H and O–H groups in total. The highest BCUT2D eigenvalue weighted by Crippen LogP contribution is 2.53. The highest BCUT2D eigenvalue weighted by molar-refractivity contribution is 6.33. The van der Waals surface area contributed by atoms with Gasteiger partial charge in [-0.05, 0) is 81.6 Å². The highest BCUT2D eigenvalue weighted by atomic mass is 35.5. The number of phenolic OH excluding ortho intramolecular Hbond substituents is 1. The minimum Gasteiger partial charge on any atom is -0.510 e. The summed E-state index contributed by atoms with van der Waals surface area (Å²) in [5.74, 6) is -5.74. The van der Waals surface area contributed by atoms with Crippen LogP contribution in [0.2, 0.25) is 5.02 Å². The molecule has 4 aliphatic rings. The molecular weight excluding hydrogens is 562 g/mol. The fraction of sp³-hybridized carbons (Fsp3) is 0.581. The number of rotatable bonds is 8. The number of hydrogen-bond acceptors (Lipinski definition) is 9. The molecule has 1 saturated carbocycles. The van der Waals surface area contributed by atoms with Crippen LogP contribution in [0, 0.1) is 23.7 Å². The molecule has 0 radical (unpaired) electrons. The van der Waals surface area contributed by atoms with Gasteiger partial charge in [-0.15, -0.1) is 0 Å². The molecule has 0 aliphatic heterocycles. The van der Waals surface area contributed by atoms with Gasteiger partial charge >= 0.3 is 0 Å². The van der Waals surface area contributed by atoms with E-state index in [1.54, 1.807) is 14.1 Å². The Morgan fingerprint density at radius 1 is 1.17 bits per heavy atom. The number of Topliss-reactive ketones (excluding diaryl/α,β-unsaturated/α-hetero) is 2. The summed E-state index contributed by atoms with van der Waals surface area (Å²) in [7, 11) is 3.19. The van der Waals surface area contributed by atoms with Crippen molar-refractivity contribution in [2.24, 2.45) is 29.4 Å². The summed E-state index contributed by atoms with van der Waals surface area (Å²) >= 11 is 6.98. The number of hydrogen-bond donors (Lipinski definition) is 5. The Bertz CT molecular complexity index is 1430. The van der Waals surface area contributed by atoms with Crippen molar-refractivity contribution in [3.05, 3.63) is 50.4 Å². The molecule has 11 heteroatoms. The van der Waals surface area contributed by atoms with Gasteiger partial charge in [-0.25, -0.2) is 0 Å². The maximum atomic E-state index is 13.9. The summed E-state index contributed by atoms with van der Waals surface area (Å²) in [5, 5.41) is 45.6. The number of ketones is 2. The fourth-order valence-corrected chi connectivity index (χ4v) is 7.40. The first-order valence-corrected chi connectivity index (χ1v) is 14.9. The summed E-state index contributed by atoms with van der Waals surface area (Å²) in [6.07, 6.45) is 2.56. The van der Waals surface area contributed by atoms with Crippen molar-refractivity contribution in [3.8, 4) is 5.75 Å². The second-order valence-electron chi connectivity index (χ2n) is 13.0. The van der Waals surface area contributed by atoms with Gasteiger partial charge in [0.25, 0.3) is 5.91 Å². The minimum absolute atomic E-state index is 0.0191. The van der Waals surface area contributed by atoms with Gasteiger partial charge in [0.2, 0.25) is 5.78 Å². The molecule has 1 aromatic rings. The summed E-state index contributed by atoms with van der Waals surface area (Å²) in [6, 6.07) is 0.713. The van der Waals surface area contributed by atoms with Crippen molar-refractivity contribution in [1.82, 2.24) is 9.80 Å². The molecule has 5 atom stereocenters. The van der Waals surface area contributed by atoms with Gasteiger partial charge in [0.05, 0.1) is 11.6 Å². The SMILES string of the molecule is CC(C)[C@H](C)N(Cc1cc(O)c2c(c1Cl)C[C@H]1C[C@H]3[C@H](N(C)C)C(O)=C(C(N)=O)C(=O)[C@@]3(O)C(O)=C1C2=O)CC1CC1. The number of likely N-dealkylation sites (N-methyl/N-ethyl adjacent to an activating group) is 1. The van der Waals surface area contributed by atoms with E-state index in [1.807, 2.05) is 0 Å². The van der Waals surface area contributed by atoms with Crippen LogP contribution >= 0.6 is 11.6 Å². The molecule has 4 aliphatic carbocycles. The quantitative estimate of drug-likeness (QED) is 0.282. The first-order chi connectivity index (χ1) is 19.6. The van der Waals surface area contributed by atoms with Gasteiger partial charge in [-0.1, -0.05) is 25.4 Å². The second-order valence-corrected chi connectivity index (χ2v) is 13.4. The van der Waals surface area contributed by atoms with Gasteiger partial charge in [0.15, 0.2) is 11.4 Å². The van der Waals surface area contributed by atoms with Crippen LogP contribution in [0.1, 0.15) is 61.5 Å². The van der Waals surface area contributed by atoms with E-state index in [0.29, 0.717) is 34.5 Å². The molecule has 0 heterocycles. The number of amides is 1. The van der Waals surface area contributed by atoms with E-state index in [0.717, 1.165) is 6.54 Å². The number of aliphatic hydroxyl groups is 3. The zero-order valence-electron chi connectivity index (χ0n) is 24.6. The maximum Gasteiger partial charge on any atom is 0.255 e. The Morgan fingerprint density at radius 3 is 2.36 bits per heavy atom. The van der Waals surface area contributed by atoms with Crippen molar-refractivity contribution in [1.29, 1.82) is 0 Å². The molecule has 228 valence electrons. The molecule has 1 amide bonds. The third-order valence-electron chi connectivity index (χ3n) is 9.83. The van der Waals surface area contributed by atoms with E-state index < -0.39 is 58.0 Å². The van der Waals surface area contributed by atoms with Crippen LogP contribution in [0.25, 0.3) is 0 Å². The molecule has 1 fully saturated rings. The molecule has 0 saturated heterocycles. The topological polar surface area (TPSA) is 165 Å². The Balaban J connectivity index is 1.59. The van der Waals surface area contributed by atoms with E-state index in [4.69, 9.17) is 17.3 Å². The first-order valence-electron chi connectivity index (χ1n) is 14.5. The predicted octanol–water partition coefficient (Wildman–Crippen LogP) is 3.03. The molecule has 0 spiro atoms. The first kappa shape index (κ1) is 30.5. The number of allylic oxidation sites excluding steroid dienone is 1. The van der Waals surface area contributed by atoms with Crippen molar-refractivity contribution in [3.63, 3.8) is 0 Å². The van der Waals surface area contributed by atoms with Crippen LogP contribution in [-0.2, 0) is 22.6 Å². The standard InChI is InChI=1S/C31H40ClN3O7/c1-13(2)14(3)35(11-15-6-7-15)12-17-10-20(36)22-18(24(17)32)8-16-9-19-25(34(4)5)27(38)23(30(33)41)29(40)31(19,42)28(39)21(16)26(22)37/h10,13-16,19,25,36,38-39,42H,6-9,11-12H2,1-5H3,(H2,33,41)/t14-,16-,19-,25-,31-/m0/s1. The molecular formula is C31H40ClN3O7. The summed E-state index contributed by atoms with van der Waals surface area (Å²) in [4.78, 5) is 43.4. The van der Waals surface area contributed by atoms with Crippen LogP contribution in [-0.4, -0.2) is 86.0 Å². The number of carbonyl (C=O) groups is 3. The van der Waals surface area contributed by atoms with Gasteiger partial charge in [-0.3, -0.25) is 24.2 Å². The number of aliphatic hydroxyl groups excluding tert-OH is 2. The number of nitrogens with two attached hydrogens (primary N) is 1. The van der Waals surface area contributed by atoms with Crippen molar-refractivity contribution < 1.29 is 34.8 Å². The lowest BCUT2D eigenvalue weighted by atomic mass is 9.58. The predicted molar refractivity (Wildman–Crippen MR) is 156 cm³/mol. The Labute approximate surface area is 250 Å². The molecule has 0 unspecified atom stereocenters. The Kier molecular flexibility index (Phi) is 7.75. The number of halogens is 1. The maximum absolute atomic E-state index is 13.9. The lowest BCUT2D eigenvalue weighted by Crippen LogP contribution is -2.63. The van der Waals surface area contributed by atoms with Gasteiger partial charge in [0, 0.05) is 35.6 Å². The van der Waals surface area contributed by atoms with E-state index in [-0.39, 0.29) is 35.8 Å². The number of benzene rings is 1. The number of phenols is 1. The summed E-state index contributed by atoms with van der Waals surface area (Å²) in [5.41, 5.74) is 2.77. The Hall–Kier alpha value is -2.92. The number of fused-ring (bicyclic) bond motifs is 3. The van der Waals surface area contributed by atoms with Gasteiger partial charge < -0.3 is 26.2 Å². The third-order valence-corrected chi connectivity index (χ3v) is 10.3. The van der Waals surface area contributed by atoms with Crippen molar-refractivity contribution in [2.75, 3.05) is 20.6 Å². The smallest absolute Gasteiger partial charge is 0.255 e. The number of nitrogens with zero attached hydrogens (tertiary/aromatic N) is 2. The lowest BCUT2D eigenvalue weighted by Gasteiger charge is -2.50. The molecule has 42 heavy (non-hydrogen) atoms. The average Bonchev–Trinajstić information content (AvgIpc) is 3.71. The number of carbonyl (C=O) groups excluding carboxylic acids is 3. The Morgan fingerprint density at radius 2 is 1.81 bits per heavy atom. The van der Waals surface area contributed by atoms with E-state index in [1.165, 1.54) is 23.8 Å². The van der Waals surface area contributed by atoms with Crippen molar-refractivity contribution in [2.45, 2.75) is 70.7 Å². The normalized spacial score (nSPS) is 28.4. The van der Waals surface area contributed by atoms with E-state index in [9.17, 15) is 34.8 Å². The minimum atomic E-state index is -2.67. The highest BCUT2D eigenvalue weighted by Gasteiger charge is 2.63. The largest absolute Gasteiger partial charge is 0.510 e. The van der Waals surface area contributed by atoms with Crippen LogP contribution in [0.3, 0.4) is 0 Å². The summed E-state index contributed by atoms with van der Waals surface area (Å²) < 4.78 is 0. The van der Waals surface area contributed by atoms with Crippen LogP contribution in [0.4, 0.5) is 0 Å². The van der Waals surface area contributed by atoms with Gasteiger partial charge in [-0.2, -0.15) is 0 Å². The summed E-state index contributed by atoms with van der Waals surface area (Å²) in [6.45, 7) is 7.91. The fourth-order valence-electron chi connectivity index (χ4n) is 7.12. The second kappa shape index (κ2) is 10.7.